The molecule has 0 heterocycles. The molecule has 2 N–H and O–H groups in total. The maximum Gasteiger partial charge on any atom is 0.338 e. The fraction of sp³-hybridized carbons (Fsp3) is 0.417. The van der Waals surface area contributed by atoms with Gasteiger partial charge in [0.1, 0.15) is 11.6 Å². The molecule has 0 aliphatic heterocycles. The van der Waals surface area contributed by atoms with Gasteiger partial charge in [-0.05, 0) is 30.9 Å². The van der Waals surface area contributed by atoms with Gasteiger partial charge in [-0.15, -0.1) is 0 Å². The first-order valence-corrected chi connectivity index (χ1v) is 5.33. The van der Waals surface area contributed by atoms with Crippen molar-refractivity contribution in [1.29, 1.82) is 0 Å². The number of carbonyl (C=O) groups is 1. The van der Waals surface area contributed by atoms with Crippen LogP contribution < -0.4 is 4.74 Å². The average Bonchev–Trinajstić information content (AvgIpc) is 3.13. The maximum absolute atomic E-state index is 13.8. The molecule has 1 aromatic rings. The summed E-state index contributed by atoms with van der Waals surface area (Å²) in [4.78, 5) is 10.7. The molecule has 100 valence electrons. The lowest BCUT2D eigenvalue weighted by molar-refractivity contribution is 0.0691. The average molecular weight is 260 g/mol. The van der Waals surface area contributed by atoms with Crippen molar-refractivity contribution in [2.24, 2.45) is 0 Å². The third-order valence-corrected chi connectivity index (χ3v) is 2.58. The fourth-order valence-corrected chi connectivity index (χ4v) is 1.67. The van der Waals surface area contributed by atoms with Gasteiger partial charge in [0.2, 0.25) is 0 Å². The van der Waals surface area contributed by atoms with Crippen LogP contribution in [0.1, 0.15) is 34.7 Å². The number of aromatic carboxylic acids is 1. The summed E-state index contributed by atoms with van der Waals surface area (Å²) in [5, 5.41) is 15.7. The molecule has 1 aromatic carbocycles. The summed E-state index contributed by atoms with van der Waals surface area (Å²) < 4.78 is 28.7. The van der Waals surface area contributed by atoms with Gasteiger partial charge in [-0.1, -0.05) is 0 Å². The van der Waals surface area contributed by atoms with E-state index >= 15 is 0 Å². The number of methoxy groups -OCH3 is 1. The Morgan fingerprint density at radius 3 is 2.44 bits per heavy atom. The van der Waals surface area contributed by atoms with Crippen LogP contribution in [0.15, 0.2) is 12.1 Å². The number of ether oxygens (including phenoxy) is 1. The largest absolute Gasteiger partial charge is 0.496 e. The minimum Gasteiger partial charge on any atom is -0.496 e. The predicted molar refractivity (Wildman–Crippen MR) is 60.1 cm³/mol. The number of aliphatic hydroxyl groups excluding tert-OH is 1. The minimum absolute atomic E-state index is 0.124. The molecule has 1 aliphatic rings. The van der Waals surface area contributed by atoms with E-state index in [1.54, 1.807) is 0 Å². The lowest BCUT2D eigenvalue weighted by atomic mass is 10.0. The number of halogens is 2. The lowest BCUT2D eigenvalue weighted by Crippen LogP contribution is -2.05. The number of alkyl halides is 1. The fourth-order valence-electron chi connectivity index (χ4n) is 1.67. The molecular weight excluding hydrogens is 246 g/mol. The van der Waals surface area contributed by atoms with Gasteiger partial charge < -0.3 is 14.9 Å². The van der Waals surface area contributed by atoms with Crippen molar-refractivity contribution < 1.29 is 28.5 Å². The number of aliphatic hydroxyl groups is 1. The zero-order valence-electron chi connectivity index (χ0n) is 9.82. The van der Waals surface area contributed by atoms with E-state index in [4.69, 9.17) is 14.9 Å². The van der Waals surface area contributed by atoms with Crippen molar-refractivity contribution in [2.75, 3.05) is 14.0 Å². The second-order valence-corrected chi connectivity index (χ2v) is 3.74. The second kappa shape index (κ2) is 6.30. The number of carboxylic acid groups (broad SMARTS) is 1. The van der Waals surface area contributed by atoms with E-state index in [2.05, 4.69) is 0 Å². The summed E-state index contributed by atoms with van der Waals surface area (Å²) in [5.74, 6) is -1.32. The van der Waals surface area contributed by atoms with Gasteiger partial charge in [-0.3, -0.25) is 0 Å². The summed E-state index contributed by atoms with van der Waals surface area (Å²) in [6.45, 7) is -1.25. The van der Waals surface area contributed by atoms with Crippen LogP contribution in [0.2, 0.25) is 0 Å². The Balaban J connectivity index is 0.000000492. The van der Waals surface area contributed by atoms with Crippen molar-refractivity contribution in [2.45, 2.75) is 18.8 Å². The van der Waals surface area contributed by atoms with Gasteiger partial charge in [0.15, 0.2) is 6.86 Å². The van der Waals surface area contributed by atoms with Crippen LogP contribution in [0.3, 0.4) is 0 Å². The normalized spacial score (nSPS) is 13.6. The molecule has 1 aliphatic carbocycles. The highest BCUT2D eigenvalue weighted by Crippen LogP contribution is 2.46. The van der Waals surface area contributed by atoms with Gasteiger partial charge in [-0.2, -0.15) is 0 Å². The molecule has 4 nitrogen and oxygen atoms in total. The standard InChI is InChI=1S/C11H11FO3.CH3FO/c1-15-8-5-4-7(11(13)14)10(12)9(8)6-2-3-6;2-1-3/h4-6H,2-3H2,1H3,(H,13,14);3H,1H2. The van der Waals surface area contributed by atoms with Crippen molar-refractivity contribution in [1.82, 2.24) is 0 Å². The highest BCUT2D eigenvalue weighted by molar-refractivity contribution is 5.88. The quantitative estimate of drug-likeness (QED) is 0.875. The van der Waals surface area contributed by atoms with Crippen molar-refractivity contribution in [3.8, 4) is 5.75 Å². The molecule has 1 fully saturated rings. The Kier molecular flexibility index (Phi) is 5.03. The number of carboxylic acids is 1. The predicted octanol–water partition coefficient (Wildman–Crippen LogP) is 2.32. The van der Waals surface area contributed by atoms with E-state index in [9.17, 15) is 13.6 Å². The van der Waals surface area contributed by atoms with Crippen molar-refractivity contribution in [3.63, 3.8) is 0 Å². The molecule has 0 amide bonds. The summed E-state index contributed by atoms with van der Waals surface area (Å²) in [5.41, 5.74) is 0.134. The molecule has 0 unspecified atom stereocenters. The van der Waals surface area contributed by atoms with E-state index in [-0.39, 0.29) is 11.5 Å². The minimum atomic E-state index is -1.25. The van der Waals surface area contributed by atoms with Gasteiger partial charge in [0, 0.05) is 5.56 Å². The summed E-state index contributed by atoms with van der Waals surface area (Å²) in [6, 6.07) is 2.75. The summed E-state index contributed by atoms with van der Waals surface area (Å²) in [7, 11) is 1.46. The third kappa shape index (κ3) is 3.16. The first kappa shape index (κ1) is 14.4. The number of benzene rings is 1. The molecule has 0 radical (unpaired) electrons. The Hall–Kier alpha value is -1.69. The molecule has 2 rings (SSSR count). The van der Waals surface area contributed by atoms with E-state index in [1.807, 2.05) is 0 Å². The Labute approximate surface area is 103 Å². The van der Waals surface area contributed by atoms with E-state index < -0.39 is 18.6 Å². The number of rotatable bonds is 3. The molecule has 0 spiro atoms. The topological polar surface area (TPSA) is 66.8 Å². The number of hydrogen-bond acceptors (Lipinski definition) is 3. The smallest absolute Gasteiger partial charge is 0.338 e. The molecule has 18 heavy (non-hydrogen) atoms. The highest BCUT2D eigenvalue weighted by atomic mass is 19.1. The zero-order valence-corrected chi connectivity index (χ0v) is 9.82. The second-order valence-electron chi connectivity index (χ2n) is 3.74. The molecule has 1 saturated carbocycles. The van der Waals surface area contributed by atoms with Gasteiger partial charge in [-0.25, -0.2) is 13.6 Å². The first-order valence-electron chi connectivity index (χ1n) is 5.33. The molecule has 0 saturated heterocycles. The van der Waals surface area contributed by atoms with E-state index in [1.165, 1.54) is 19.2 Å². The maximum atomic E-state index is 13.8. The molecule has 0 bridgehead atoms. The molecule has 6 heteroatoms. The lowest BCUT2D eigenvalue weighted by Gasteiger charge is -2.10. The van der Waals surface area contributed by atoms with Crippen molar-refractivity contribution >= 4 is 5.97 Å². The Bertz CT molecular complexity index is 430. The Morgan fingerprint density at radius 2 is 2.06 bits per heavy atom. The molecule has 0 aromatic heterocycles. The van der Waals surface area contributed by atoms with Gasteiger partial charge in [0.05, 0.1) is 12.7 Å². The van der Waals surface area contributed by atoms with Crippen LogP contribution in [-0.4, -0.2) is 30.2 Å². The number of hydrogen-bond donors (Lipinski definition) is 2. The van der Waals surface area contributed by atoms with E-state index in [0.29, 0.717) is 11.3 Å². The molecule has 0 atom stereocenters. The molecular formula is C12H14F2O4. The first-order chi connectivity index (χ1) is 8.56. The van der Waals surface area contributed by atoms with Crippen LogP contribution in [0.5, 0.6) is 5.75 Å². The van der Waals surface area contributed by atoms with Gasteiger partial charge >= 0.3 is 5.97 Å². The van der Waals surface area contributed by atoms with Gasteiger partial charge in [0.25, 0.3) is 0 Å². The van der Waals surface area contributed by atoms with Crippen LogP contribution in [0, 0.1) is 5.82 Å². The Morgan fingerprint density at radius 1 is 1.50 bits per heavy atom. The van der Waals surface area contributed by atoms with Crippen LogP contribution in [0.25, 0.3) is 0 Å². The SMILES string of the molecule is COc1ccc(C(=O)O)c(F)c1C1CC1.OCF. The van der Waals surface area contributed by atoms with E-state index in [0.717, 1.165) is 12.8 Å². The zero-order chi connectivity index (χ0) is 13.7. The third-order valence-electron chi connectivity index (χ3n) is 2.58. The van der Waals surface area contributed by atoms with Crippen molar-refractivity contribution in [3.05, 3.63) is 29.1 Å². The summed E-state index contributed by atoms with van der Waals surface area (Å²) in [6.07, 6.45) is 1.80. The highest BCUT2D eigenvalue weighted by Gasteiger charge is 2.32. The van der Waals surface area contributed by atoms with Crippen LogP contribution in [-0.2, 0) is 0 Å². The van der Waals surface area contributed by atoms with Crippen LogP contribution in [0.4, 0.5) is 8.78 Å². The summed E-state index contributed by atoms with van der Waals surface area (Å²) >= 11 is 0. The van der Waals surface area contributed by atoms with Crippen LogP contribution >= 0.6 is 0 Å². The monoisotopic (exact) mass is 260 g/mol.